The highest BCUT2D eigenvalue weighted by Gasteiger charge is 2.40. The number of nitrogens with zero attached hydrogens (tertiary/aromatic N) is 1. The summed E-state index contributed by atoms with van der Waals surface area (Å²) >= 11 is 6.82. The molecule has 24 heavy (non-hydrogen) atoms. The number of halogens is 2. The fraction of sp³-hybridized carbons (Fsp3) is 0.111. The molecule has 3 aromatic rings. The number of benzene rings is 2. The summed E-state index contributed by atoms with van der Waals surface area (Å²) in [6.45, 7) is 0. The molecule has 4 nitrogen and oxygen atoms in total. The van der Waals surface area contributed by atoms with E-state index >= 15 is 0 Å². The summed E-state index contributed by atoms with van der Waals surface area (Å²) in [5.41, 5.74) is 1.50. The van der Waals surface area contributed by atoms with Gasteiger partial charge in [-0.3, -0.25) is 9.59 Å². The Kier molecular flexibility index (Phi) is 3.62. The Morgan fingerprint density at radius 1 is 1.04 bits per heavy atom. The van der Waals surface area contributed by atoms with Gasteiger partial charge in [0.2, 0.25) is 5.76 Å². The third kappa shape index (κ3) is 2.24. The van der Waals surface area contributed by atoms with Crippen LogP contribution in [0, 0.1) is 0 Å². The van der Waals surface area contributed by atoms with Crippen molar-refractivity contribution < 1.29 is 9.21 Å². The summed E-state index contributed by atoms with van der Waals surface area (Å²) < 4.78 is 7.46. The highest BCUT2D eigenvalue weighted by Crippen LogP contribution is 2.37. The Morgan fingerprint density at radius 2 is 1.79 bits per heavy atom. The molecule has 2 aromatic carbocycles. The van der Waals surface area contributed by atoms with E-state index in [2.05, 4.69) is 31.9 Å². The molecule has 0 radical (unpaired) electrons. The number of hydrogen-bond donors (Lipinski definition) is 0. The van der Waals surface area contributed by atoms with Crippen LogP contribution in [0.2, 0.25) is 0 Å². The van der Waals surface area contributed by atoms with Crippen LogP contribution in [0.4, 0.5) is 0 Å². The molecule has 2 heterocycles. The van der Waals surface area contributed by atoms with Crippen molar-refractivity contribution in [3.63, 3.8) is 0 Å². The molecule has 1 aliphatic rings. The van der Waals surface area contributed by atoms with Crippen LogP contribution in [0.15, 0.2) is 60.6 Å². The Bertz CT molecular complexity index is 1060. The number of rotatable bonds is 1. The van der Waals surface area contributed by atoms with Gasteiger partial charge in [-0.1, -0.05) is 44.0 Å². The molecule has 0 fully saturated rings. The second kappa shape index (κ2) is 5.57. The monoisotopic (exact) mass is 447 g/mol. The summed E-state index contributed by atoms with van der Waals surface area (Å²) in [6, 6.07) is 12.4. The Hall–Kier alpha value is -1.92. The molecular formula is C18H11Br2NO3. The van der Waals surface area contributed by atoms with Gasteiger partial charge in [0, 0.05) is 16.0 Å². The van der Waals surface area contributed by atoms with Gasteiger partial charge in [0.1, 0.15) is 5.58 Å². The van der Waals surface area contributed by atoms with Crippen LogP contribution < -0.4 is 5.43 Å². The third-order valence-electron chi connectivity index (χ3n) is 4.23. The molecule has 0 aliphatic carbocycles. The number of carbonyl (C=O) groups is 1. The van der Waals surface area contributed by atoms with Crippen molar-refractivity contribution in [3.8, 4) is 0 Å². The minimum Gasteiger partial charge on any atom is -0.450 e. The predicted molar refractivity (Wildman–Crippen MR) is 98.3 cm³/mol. The lowest BCUT2D eigenvalue weighted by molar-refractivity contribution is 0.0771. The van der Waals surface area contributed by atoms with Gasteiger partial charge in [0.25, 0.3) is 5.91 Å². The first kappa shape index (κ1) is 15.6. The highest BCUT2D eigenvalue weighted by molar-refractivity contribution is 9.10. The maximum atomic E-state index is 13.1. The third-order valence-corrected chi connectivity index (χ3v) is 5.21. The van der Waals surface area contributed by atoms with E-state index in [1.165, 1.54) is 0 Å². The first-order chi connectivity index (χ1) is 11.5. The van der Waals surface area contributed by atoms with E-state index in [1.54, 1.807) is 30.1 Å². The molecule has 0 spiro atoms. The van der Waals surface area contributed by atoms with Gasteiger partial charge in [-0.05, 0) is 35.9 Å². The van der Waals surface area contributed by atoms with E-state index in [1.807, 2.05) is 24.3 Å². The van der Waals surface area contributed by atoms with Crippen molar-refractivity contribution in [3.05, 3.63) is 78.5 Å². The van der Waals surface area contributed by atoms with Crippen LogP contribution in [-0.2, 0) is 0 Å². The Balaban J connectivity index is 2.05. The van der Waals surface area contributed by atoms with Crippen molar-refractivity contribution in [1.82, 2.24) is 4.90 Å². The maximum absolute atomic E-state index is 13.1. The number of hydrogen-bond acceptors (Lipinski definition) is 3. The lowest BCUT2D eigenvalue weighted by Crippen LogP contribution is -2.25. The van der Waals surface area contributed by atoms with E-state index in [4.69, 9.17) is 4.42 Å². The van der Waals surface area contributed by atoms with E-state index in [-0.39, 0.29) is 17.1 Å². The van der Waals surface area contributed by atoms with Crippen molar-refractivity contribution in [2.45, 2.75) is 6.04 Å². The van der Waals surface area contributed by atoms with Gasteiger partial charge in [0.15, 0.2) is 5.43 Å². The molecule has 1 unspecified atom stereocenters. The number of fused-ring (bicyclic) bond motifs is 2. The van der Waals surface area contributed by atoms with Gasteiger partial charge >= 0.3 is 0 Å². The Morgan fingerprint density at radius 3 is 2.54 bits per heavy atom. The van der Waals surface area contributed by atoms with E-state index < -0.39 is 6.04 Å². The average Bonchev–Trinajstić information content (AvgIpc) is 2.81. The SMILES string of the molecule is CN1C(=O)c2oc3ccc(Br)cc3c(=O)c2C1c1cccc(Br)c1. The molecule has 0 bridgehead atoms. The topological polar surface area (TPSA) is 50.5 Å². The second-order valence-electron chi connectivity index (χ2n) is 5.69. The Labute approximate surface area is 154 Å². The molecule has 0 saturated carbocycles. The summed E-state index contributed by atoms with van der Waals surface area (Å²) in [7, 11) is 1.68. The minimum atomic E-state index is -0.454. The quantitative estimate of drug-likeness (QED) is 0.551. The zero-order valence-corrected chi connectivity index (χ0v) is 15.7. The number of carbonyl (C=O) groups excluding carboxylic acids is 1. The molecule has 120 valence electrons. The van der Waals surface area contributed by atoms with E-state index in [9.17, 15) is 9.59 Å². The predicted octanol–water partition coefficient (Wildman–Crippen LogP) is 4.49. The molecule has 0 saturated heterocycles. The minimum absolute atomic E-state index is 0.127. The fourth-order valence-corrected chi connectivity index (χ4v) is 3.91. The van der Waals surface area contributed by atoms with Crippen molar-refractivity contribution in [2.24, 2.45) is 0 Å². The van der Waals surface area contributed by atoms with Crippen LogP contribution in [0.3, 0.4) is 0 Å². The fourth-order valence-electron chi connectivity index (χ4n) is 3.13. The summed E-state index contributed by atoms with van der Waals surface area (Å²) in [5, 5.41) is 0.464. The normalized spacial score (nSPS) is 16.7. The molecular weight excluding hydrogens is 438 g/mol. The van der Waals surface area contributed by atoms with Crippen LogP contribution >= 0.6 is 31.9 Å². The summed E-state index contributed by atoms with van der Waals surface area (Å²) in [4.78, 5) is 27.2. The zero-order chi connectivity index (χ0) is 17.0. The summed E-state index contributed by atoms with van der Waals surface area (Å²) in [5.74, 6) is -0.154. The van der Waals surface area contributed by atoms with Gasteiger partial charge < -0.3 is 9.32 Å². The molecule has 4 rings (SSSR count). The van der Waals surface area contributed by atoms with E-state index in [0.717, 1.165) is 14.5 Å². The maximum Gasteiger partial charge on any atom is 0.290 e. The molecule has 1 aliphatic heterocycles. The smallest absolute Gasteiger partial charge is 0.290 e. The second-order valence-corrected chi connectivity index (χ2v) is 7.52. The molecule has 1 aromatic heterocycles. The lowest BCUT2D eigenvalue weighted by atomic mass is 9.99. The van der Waals surface area contributed by atoms with Crippen LogP contribution in [0.5, 0.6) is 0 Å². The first-order valence-electron chi connectivity index (χ1n) is 7.26. The van der Waals surface area contributed by atoms with Gasteiger partial charge in [-0.25, -0.2) is 0 Å². The molecule has 0 N–H and O–H groups in total. The molecule has 1 amide bonds. The largest absolute Gasteiger partial charge is 0.450 e. The standard InChI is InChI=1S/C18H11Br2NO3/c1-21-15(9-3-2-4-10(19)7-9)14-16(22)12-8-11(20)5-6-13(12)24-17(14)18(21)23/h2-8,15H,1H3. The van der Waals surface area contributed by atoms with Crippen molar-refractivity contribution >= 4 is 48.7 Å². The lowest BCUT2D eigenvalue weighted by Gasteiger charge is -2.20. The zero-order valence-electron chi connectivity index (χ0n) is 12.5. The number of amides is 1. The van der Waals surface area contributed by atoms with Crippen molar-refractivity contribution in [2.75, 3.05) is 7.05 Å². The van der Waals surface area contributed by atoms with Gasteiger partial charge in [-0.15, -0.1) is 0 Å². The van der Waals surface area contributed by atoms with Crippen LogP contribution in [-0.4, -0.2) is 17.9 Å². The van der Waals surface area contributed by atoms with Crippen molar-refractivity contribution in [1.29, 1.82) is 0 Å². The molecule has 6 heteroatoms. The highest BCUT2D eigenvalue weighted by atomic mass is 79.9. The average molecular weight is 449 g/mol. The first-order valence-corrected chi connectivity index (χ1v) is 8.85. The summed E-state index contributed by atoms with van der Waals surface area (Å²) in [6.07, 6.45) is 0. The molecule has 1 atom stereocenters. The van der Waals surface area contributed by atoms with Crippen LogP contribution in [0.1, 0.15) is 27.7 Å². The van der Waals surface area contributed by atoms with Crippen LogP contribution in [0.25, 0.3) is 11.0 Å². The van der Waals surface area contributed by atoms with Gasteiger partial charge in [0.05, 0.1) is 17.0 Å². The van der Waals surface area contributed by atoms with E-state index in [0.29, 0.717) is 16.5 Å². The van der Waals surface area contributed by atoms with Gasteiger partial charge in [-0.2, -0.15) is 0 Å².